The van der Waals surface area contributed by atoms with Crippen LogP contribution in [0.3, 0.4) is 0 Å². The van der Waals surface area contributed by atoms with Crippen molar-refractivity contribution < 1.29 is 14.5 Å². The molecule has 6 nitrogen and oxygen atoms in total. The highest BCUT2D eigenvalue weighted by Gasteiger charge is 2.32. The molecule has 0 radical (unpaired) electrons. The van der Waals surface area contributed by atoms with Crippen molar-refractivity contribution in [2.45, 2.75) is 0 Å². The number of nitrogens with two attached hydrogens (primary N) is 1. The summed E-state index contributed by atoms with van der Waals surface area (Å²) in [6.07, 6.45) is 0. The van der Waals surface area contributed by atoms with Crippen LogP contribution in [0.1, 0.15) is 31.8 Å². The number of fused-ring (bicyclic) bond motifs is 2. The maximum atomic E-state index is 12.4. The van der Waals surface area contributed by atoms with E-state index in [-0.39, 0.29) is 39.4 Å². The van der Waals surface area contributed by atoms with Crippen molar-refractivity contribution in [3.63, 3.8) is 0 Å². The summed E-state index contributed by atoms with van der Waals surface area (Å²) in [5.74, 6) is -0.812. The SMILES string of the molecule is Nc1cccc2c1C(=O)c1cc([N+](=O)[O-])ccc1C2=O. The molecular formula is C14H8N2O4. The van der Waals surface area contributed by atoms with Gasteiger partial charge in [0.25, 0.3) is 5.69 Å². The first-order valence-corrected chi connectivity index (χ1v) is 5.77. The minimum absolute atomic E-state index is 0.0228. The summed E-state index contributed by atoms with van der Waals surface area (Å²) in [5.41, 5.74) is 6.24. The molecule has 2 N–H and O–H groups in total. The van der Waals surface area contributed by atoms with Gasteiger partial charge < -0.3 is 5.73 Å². The standard InChI is InChI=1S/C14H8N2O4/c15-11-3-1-2-9-12(11)14(18)10-6-7(16(19)20)4-5-8(10)13(9)17/h1-6H,15H2. The van der Waals surface area contributed by atoms with E-state index in [2.05, 4.69) is 0 Å². The number of hydrogen-bond acceptors (Lipinski definition) is 5. The van der Waals surface area contributed by atoms with Gasteiger partial charge >= 0.3 is 0 Å². The first kappa shape index (κ1) is 12.0. The number of ketones is 2. The van der Waals surface area contributed by atoms with Gasteiger partial charge in [0, 0.05) is 34.5 Å². The minimum atomic E-state index is -0.609. The van der Waals surface area contributed by atoms with E-state index < -0.39 is 10.7 Å². The average molecular weight is 268 g/mol. The van der Waals surface area contributed by atoms with Gasteiger partial charge in [0.05, 0.1) is 10.5 Å². The molecule has 1 aliphatic rings. The lowest BCUT2D eigenvalue weighted by molar-refractivity contribution is -0.384. The summed E-state index contributed by atoms with van der Waals surface area (Å²) in [4.78, 5) is 34.9. The van der Waals surface area contributed by atoms with Crippen molar-refractivity contribution in [2.24, 2.45) is 0 Å². The topological polar surface area (TPSA) is 103 Å². The fourth-order valence-electron chi connectivity index (χ4n) is 2.32. The Hall–Kier alpha value is -3.02. The molecule has 20 heavy (non-hydrogen) atoms. The fraction of sp³-hybridized carbons (Fsp3) is 0. The highest BCUT2D eigenvalue weighted by atomic mass is 16.6. The Balaban J connectivity index is 2.30. The van der Waals surface area contributed by atoms with E-state index in [1.54, 1.807) is 6.07 Å². The number of non-ortho nitro benzene ring substituents is 1. The quantitative estimate of drug-likeness (QED) is 0.412. The molecule has 0 unspecified atom stereocenters. The zero-order valence-electron chi connectivity index (χ0n) is 10.1. The van der Waals surface area contributed by atoms with Crippen molar-refractivity contribution in [3.05, 3.63) is 68.8 Å². The molecule has 3 rings (SSSR count). The molecule has 0 aromatic heterocycles. The normalized spacial score (nSPS) is 12.8. The van der Waals surface area contributed by atoms with Crippen LogP contribution in [0.15, 0.2) is 36.4 Å². The van der Waals surface area contributed by atoms with E-state index >= 15 is 0 Å². The third-order valence-corrected chi connectivity index (χ3v) is 3.27. The molecule has 0 heterocycles. The number of rotatable bonds is 1. The van der Waals surface area contributed by atoms with Crippen LogP contribution in [0.2, 0.25) is 0 Å². The number of carbonyl (C=O) groups is 2. The Kier molecular flexibility index (Phi) is 2.40. The minimum Gasteiger partial charge on any atom is -0.398 e. The highest BCUT2D eigenvalue weighted by molar-refractivity contribution is 6.30. The van der Waals surface area contributed by atoms with Gasteiger partial charge in [-0.1, -0.05) is 12.1 Å². The van der Waals surface area contributed by atoms with Crippen LogP contribution in [-0.2, 0) is 0 Å². The molecule has 6 heteroatoms. The summed E-state index contributed by atoms with van der Waals surface area (Å²) >= 11 is 0. The molecule has 2 aromatic rings. The molecule has 0 fully saturated rings. The van der Waals surface area contributed by atoms with Crippen LogP contribution >= 0.6 is 0 Å². The monoisotopic (exact) mass is 268 g/mol. The second kappa shape index (κ2) is 3.99. The molecule has 0 spiro atoms. The van der Waals surface area contributed by atoms with E-state index in [0.29, 0.717) is 0 Å². The van der Waals surface area contributed by atoms with Crippen molar-refractivity contribution in [3.8, 4) is 0 Å². The van der Waals surface area contributed by atoms with Crippen LogP contribution in [0.5, 0.6) is 0 Å². The van der Waals surface area contributed by atoms with Crippen LogP contribution in [0.4, 0.5) is 11.4 Å². The largest absolute Gasteiger partial charge is 0.398 e. The lowest BCUT2D eigenvalue weighted by Crippen LogP contribution is -2.22. The van der Waals surface area contributed by atoms with Crippen LogP contribution < -0.4 is 5.73 Å². The summed E-state index contributed by atoms with van der Waals surface area (Å²) in [6.45, 7) is 0. The third-order valence-electron chi connectivity index (χ3n) is 3.27. The van der Waals surface area contributed by atoms with E-state index in [1.807, 2.05) is 0 Å². The predicted molar refractivity (Wildman–Crippen MR) is 70.8 cm³/mol. The lowest BCUT2D eigenvalue weighted by atomic mass is 9.83. The van der Waals surface area contributed by atoms with E-state index in [1.165, 1.54) is 24.3 Å². The smallest absolute Gasteiger partial charge is 0.270 e. The molecule has 0 amide bonds. The highest BCUT2D eigenvalue weighted by Crippen LogP contribution is 2.32. The first-order chi connectivity index (χ1) is 9.50. The van der Waals surface area contributed by atoms with Crippen LogP contribution in [0, 0.1) is 10.1 Å². The van der Waals surface area contributed by atoms with Gasteiger partial charge in [-0.2, -0.15) is 0 Å². The molecule has 2 aromatic carbocycles. The van der Waals surface area contributed by atoms with Gasteiger partial charge in [-0.25, -0.2) is 0 Å². The van der Waals surface area contributed by atoms with Crippen LogP contribution in [-0.4, -0.2) is 16.5 Å². The Morgan fingerprint density at radius 2 is 1.70 bits per heavy atom. The molecular weight excluding hydrogens is 260 g/mol. The maximum Gasteiger partial charge on any atom is 0.270 e. The van der Waals surface area contributed by atoms with Gasteiger partial charge in [0.15, 0.2) is 11.6 Å². The second-order valence-corrected chi connectivity index (χ2v) is 4.42. The summed E-state index contributed by atoms with van der Waals surface area (Å²) in [7, 11) is 0. The lowest BCUT2D eigenvalue weighted by Gasteiger charge is -2.18. The Bertz CT molecular complexity index is 796. The molecule has 0 atom stereocenters. The molecule has 0 saturated heterocycles. The molecule has 98 valence electrons. The summed E-state index contributed by atoms with van der Waals surface area (Å²) in [5, 5.41) is 10.8. The molecule has 0 saturated carbocycles. The fourth-order valence-corrected chi connectivity index (χ4v) is 2.32. The predicted octanol–water partition coefficient (Wildman–Crippen LogP) is 1.95. The zero-order chi connectivity index (χ0) is 14.4. The van der Waals surface area contributed by atoms with Crippen molar-refractivity contribution >= 4 is 22.9 Å². The second-order valence-electron chi connectivity index (χ2n) is 4.42. The number of anilines is 1. The van der Waals surface area contributed by atoms with Crippen molar-refractivity contribution in [1.29, 1.82) is 0 Å². The van der Waals surface area contributed by atoms with Gasteiger partial charge in [0.1, 0.15) is 0 Å². The van der Waals surface area contributed by atoms with Gasteiger partial charge in [-0.05, 0) is 12.1 Å². The first-order valence-electron chi connectivity index (χ1n) is 5.77. The number of nitrogens with zero attached hydrogens (tertiary/aromatic N) is 1. The van der Waals surface area contributed by atoms with Gasteiger partial charge in [-0.15, -0.1) is 0 Å². The number of carbonyl (C=O) groups excluding carboxylic acids is 2. The number of nitro groups is 1. The number of hydrogen-bond donors (Lipinski definition) is 1. The summed E-state index contributed by atoms with van der Waals surface area (Å²) in [6, 6.07) is 8.27. The van der Waals surface area contributed by atoms with Crippen molar-refractivity contribution in [2.75, 3.05) is 5.73 Å². The van der Waals surface area contributed by atoms with E-state index in [9.17, 15) is 19.7 Å². The van der Waals surface area contributed by atoms with Gasteiger partial charge in [-0.3, -0.25) is 19.7 Å². The van der Waals surface area contributed by atoms with Gasteiger partial charge in [0.2, 0.25) is 0 Å². The maximum absolute atomic E-state index is 12.4. The number of nitrogen functional groups attached to an aromatic ring is 1. The Morgan fingerprint density at radius 3 is 2.40 bits per heavy atom. The molecule has 1 aliphatic carbocycles. The van der Waals surface area contributed by atoms with Crippen LogP contribution in [0.25, 0.3) is 0 Å². The third kappa shape index (κ3) is 1.51. The number of nitro benzene ring substituents is 1. The van der Waals surface area contributed by atoms with Crippen molar-refractivity contribution in [1.82, 2.24) is 0 Å². The van der Waals surface area contributed by atoms with E-state index in [4.69, 9.17) is 5.73 Å². The Labute approximate surface area is 113 Å². The zero-order valence-corrected chi connectivity index (χ0v) is 10.1. The van der Waals surface area contributed by atoms with E-state index in [0.717, 1.165) is 6.07 Å². The average Bonchev–Trinajstić information content (AvgIpc) is 2.44. The summed E-state index contributed by atoms with van der Waals surface area (Å²) < 4.78 is 0. The Morgan fingerprint density at radius 1 is 0.950 bits per heavy atom. The number of benzene rings is 2. The molecule has 0 aliphatic heterocycles. The molecule has 0 bridgehead atoms.